The summed E-state index contributed by atoms with van der Waals surface area (Å²) >= 11 is 0. The van der Waals surface area contributed by atoms with Crippen LogP contribution in [0.2, 0.25) is 0 Å². The summed E-state index contributed by atoms with van der Waals surface area (Å²) in [6.45, 7) is 0. The third kappa shape index (κ3) is 4.19. The minimum Gasteiger partial charge on any atom is -0.479 e. The van der Waals surface area contributed by atoms with Crippen LogP contribution in [0.3, 0.4) is 0 Å². The average molecular weight is 443 g/mol. The topological polar surface area (TPSA) is 115 Å². The summed E-state index contributed by atoms with van der Waals surface area (Å²) in [6.07, 6.45) is -4.15. The van der Waals surface area contributed by atoms with Gasteiger partial charge in [0, 0.05) is 5.56 Å². The van der Waals surface area contributed by atoms with E-state index in [1.54, 1.807) is 0 Å². The summed E-state index contributed by atoms with van der Waals surface area (Å²) in [5.74, 6) is -2.31. The minimum atomic E-state index is -4.99. The molecule has 30 heavy (non-hydrogen) atoms. The van der Waals surface area contributed by atoms with Crippen LogP contribution >= 0.6 is 0 Å². The quantitative estimate of drug-likeness (QED) is 0.588. The lowest BCUT2D eigenvalue weighted by atomic mass is 10.0. The molecule has 1 heterocycles. The average Bonchev–Trinajstić information content (AvgIpc) is 3.07. The van der Waals surface area contributed by atoms with Crippen molar-refractivity contribution in [2.75, 3.05) is 0 Å². The molecule has 0 saturated heterocycles. The van der Waals surface area contributed by atoms with Crippen LogP contribution in [0.5, 0.6) is 0 Å². The Morgan fingerprint density at radius 2 is 1.63 bits per heavy atom. The Kier molecular flexibility index (Phi) is 5.39. The van der Waals surface area contributed by atoms with Crippen LogP contribution in [0.4, 0.5) is 17.6 Å². The van der Waals surface area contributed by atoms with Crippen molar-refractivity contribution < 1.29 is 35.9 Å². The molecule has 0 saturated carbocycles. The molecule has 0 aliphatic heterocycles. The highest BCUT2D eigenvalue weighted by molar-refractivity contribution is 7.89. The zero-order valence-corrected chi connectivity index (χ0v) is 15.7. The third-order valence-corrected chi connectivity index (χ3v) is 5.15. The predicted molar refractivity (Wildman–Crippen MR) is 96.2 cm³/mol. The minimum absolute atomic E-state index is 0.0105. The van der Waals surface area contributed by atoms with Gasteiger partial charge in [0.15, 0.2) is 11.7 Å². The fourth-order valence-electron chi connectivity index (χ4n) is 2.91. The van der Waals surface area contributed by atoms with E-state index in [-0.39, 0.29) is 20.7 Å². The smallest absolute Gasteiger partial charge is 0.433 e. The molecule has 3 rings (SSSR count). The van der Waals surface area contributed by atoms with E-state index in [1.165, 1.54) is 0 Å². The molecule has 0 aliphatic rings. The Balaban J connectivity index is 2.18. The summed E-state index contributed by atoms with van der Waals surface area (Å²) in [6, 6.07) is 6.30. The van der Waals surface area contributed by atoms with Gasteiger partial charge in [0.2, 0.25) is 10.0 Å². The first-order valence-corrected chi connectivity index (χ1v) is 9.70. The molecule has 1 unspecified atom stereocenters. The number of sulfonamides is 1. The van der Waals surface area contributed by atoms with Gasteiger partial charge in [0.25, 0.3) is 0 Å². The van der Waals surface area contributed by atoms with Crippen LogP contribution in [0, 0.1) is 5.82 Å². The van der Waals surface area contributed by atoms with Crippen LogP contribution in [0.25, 0.3) is 11.1 Å². The van der Waals surface area contributed by atoms with E-state index >= 15 is 0 Å². The first-order chi connectivity index (χ1) is 13.9. The number of carbonyl (C=O) groups is 1. The molecule has 0 amide bonds. The van der Waals surface area contributed by atoms with Crippen LogP contribution in [-0.4, -0.2) is 29.3 Å². The van der Waals surface area contributed by atoms with Crippen molar-refractivity contribution in [3.8, 4) is 11.1 Å². The van der Waals surface area contributed by atoms with Crippen molar-refractivity contribution in [2.45, 2.75) is 17.1 Å². The zero-order chi connectivity index (χ0) is 22.3. The number of nitrogens with two attached hydrogens (primary N) is 1. The lowest BCUT2D eigenvalue weighted by Gasteiger charge is -2.19. The fraction of sp³-hybridized carbons (Fsp3) is 0.111. The highest BCUT2D eigenvalue weighted by atomic mass is 32.2. The molecule has 2 aromatic carbocycles. The summed E-state index contributed by atoms with van der Waals surface area (Å²) in [4.78, 5) is 11.5. The van der Waals surface area contributed by atoms with E-state index in [9.17, 15) is 35.9 Å². The van der Waals surface area contributed by atoms with Gasteiger partial charge in [-0.25, -0.2) is 27.4 Å². The van der Waals surface area contributed by atoms with Crippen molar-refractivity contribution in [1.82, 2.24) is 9.78 Å². The van der Waals surface area contributed by atoms with Crippen LogP contribution < -0.4 is 5.14 Å². The van der Waals surface area contributed by atoms with Crippen LogP contribution in [0.1, 0.15) is 17.3 Å². The number of hydrogen-bond acceptors (Lipinski definition) is 4. The largest absolute Gasteiger partial charge is 0.479 e. The molecule has 0 aliphatic carbocycles. The normalized spacial score (nSPS) is 13.2. The van der Waals surface area contributed by atoms with Crippen molar-refractivity contribution in [3.05, 3.63) is 71.8 Å². The van der Waals surface area contributed by atoms with Crippen LogP contribution in [-0.2, 0) is 21.0 Å². The number of halogens is 4. The Hall–Kier alpha value is -3.25. The SMILES string of the molecule is NS(=O)(=O)c1ccc(C(C(=O)O)n2ncc(-c3ccc(F)cc3)c2C(F)(F)F)cc1. The molecule has 3 aromatic rings. The molecule has 7 nitrogen and oxygen atoms in total. The molecule has 3 N–H and O–H groups in total. The molecule has 1 atom stereocenters. The molecule has 12 heteroatoms. The van der Waals surface area contributed by atoms with Gasteiger partial charge in [-0.3, -0.25) is 0 Å². The molecular weight excluding hydrogens is 430 g/mol. The number of carboxylic acids is 1. The number of carboxylic acid groups (broad SMARTS) is 1. The highest BCUT2D eigenvalue weighted by Gasteiger charge is 2.42. The van der Waals surface area contributed by atoms with Gasteiger partial charge in [-0.2, -0.15) is 18.3 Å². The zero-order valence-electron chi connectivity index (χ0n) is 14.8. The van der Waals surface area contributed by atoms with Crippen molar-refractivity contribution in [2.24, 2.45) is 5.14 Å². The van der Waals surface area contributed by atoms with E-state index in [4.69, 9.17) is 5.14 Å². The van der Waals surface area contributed by atoms with Crippen molar-refractivity contribution in [3.63, 3.8) is 0 Å². The Morgan fingerprint density at radius 3 is 2.10 bits per heavy atom. The number of alkyl halides is 3. The number of rotatable bonds is 5. The van der Waals surface area contributed by atoms with Crippen molar-refractivity contribution >= 4 is 16.0 Å². The monoisotopic (exact) mass is 443 g/mol. The standard InChI is InChI=1S/C18H13F4N3O4S/c19-12-5-1-10(2-6-12)14-9-24-25(16(14)18(20,21)22)15(17(26)27)11-3-7-13(8-4-11)30(23,28)29/h1-9,15H,(H,26,27)(H2,23,28,29). The third-order valence-electron chi connectivity index (χ3n) is 4.22. The van der Waals surface area contributed by atoms with Crippen molar-refractivity contribution in [1.29, 1.82) is 0 Å². The van der Waals surface area contributed by atoms with Gasteiger partial charge in [-0.1, -0.05) is 24.3 Å². The lowest BCUT2D eigenvalue weighted by molar-refractivity contribution is -0.148. The molecule has 0 spiro atoms. The molecule has 0 fully saturated rings. The lowest BCUT2D eigenvalue weighted by Crippen LogP contribution is -2.26. The summed E-state index contributed by atoms with van der Waals surface area (Å²) < 4.78 is 77.7. The molecule has 0 radical (unpaired) electrons. The maximum absolute atomic E-state index is 13.8. The van der Waals surface area contributed by atoms with Crippen LogP contribution in [0.15, 0.2) is 59.6 Å². The second-order valence-corrected chi connectivity index (χ2v) is 7.77. The van der Waals surface area contributed by atoms with E-state index in [0.717, 1.165) is 54.7 Å². The Labute approximate surface area is 167 Å². The number of primary sulfonamides is 1. The van der Waals surface area contributed by atoms with Gasteiger partial charge in [0.05, 0.1) is 11.1 Å². The van der Waals surface area contributed by atoms with Gasteiger partial charge < -0.3 is 5.11 Å². The predicted octanol–water partition coefficient (Wildman–Crippen LogP) is 3.03. The number of nitrogens with zero attached hydrogens (tertiary/aromatic N) is 2. The maximum Gasteiger partial charge on any atom is 0.433 e. The van der Waals surface area contributed by atoms with E-state index in [0.29, 0.717) is 0 Å². The molecular formula is C18H13F4N3O4S. The van der Waals surface area contributed by atoms with Gasteiger partial charge in [-0.15, -0.1) is 0 Å². The van der Waals surface area contributed by atoms with Gasteiger partial charge >= 0.3 is 12.1 Å². The van der Waals surface area contributed by atoms with E-state index in [1.807, 2.05) is 0 Å². The maximum atomic E-state index is 13.8. The second kappa shape index (κ2) is 7.54. The van der Waals surface area contributed by atoms with Gasteiger partial charge in [0.1, 0.15) is 5.82 Å². The summed E-state index contributed by atoms with van der Waals surface area (Å²) in [5, 5.41) is 18.2. The summed E-state index contributed by atoms with van der Waals surface area (Å²) in [7, 11) is -4.08. The Morgan fingerprint density at radius 1 is 1.07 bits per heavy atom. The highest BCUT2D eigenvalue weighted by Crippen LogP contribution is 2.39. The number of benzene rings is 2. The first-order valence-electron chi connectivity index (χ1n) is 8.16. The molecule has 0 bridgehead atoms. The number of hydrogen-bond donors (Lipinski definition) is 2. The Bertz CT molecular complexity index is 1190. The van der Waals surface area contributed by atoms with E-state index < -0.39 is 45.3 Å². The fourth-order valence-corrected chi connectivity index (χ4v) is 3.42. The first kappa shape index (κ1) is 21.5. The second-order valence-electron chi connectivity index (χ2n) is 6.21. The molecule has 158 valence electrons. The van der Waals surface area contributed by atoms with Gasteiger partial charge in [-0.05, 0) is 35.4 Å². The summed E-state index contributed by atoms with van der Waals surface area (Å²) in [5.41, 5.74) is -1.95. The molecule has 1 aromatic heterocycles. The number of aliphatic carboxylic acids is 1. The number of aromatic nitrogens is 2. The van der Waals surface area contributed by atoms with E-state index in [2.05, 4.69) is 5.10 Å².